The molecule has 0 saturated heterocycles. The van der Waals surface area contributed by atoms with Crippen molar-refractivity contribution in [3.05, 3.63) is 17.0 Å². The monoisotopic (exact) mass is 237 g/mol. The van der Waals surface area contributed by atoms with Crippen molar-refractivity contribution in [3.63, 3.8) is 0 Å². The van der Waals surface area contributed by atoms with Crippen molar-refractivity contribution in [3.8, 4) is 0 Å². The summed E-state index contributed by atoms with van der Waals surface area (Å²) in [6.07, 6.45) is 5.34. The largest absolute Gasteiger partial charge is 0.464 e. The van der Waals surface area contributed by atoms with Gasteiger partial charge in [-0.3, -0.25) is 4.68 Å². The van der Waals surface area contributed by atoms with Crippen molar-refractivity contribution in [1.29, 1.82) is 0 Å². The van der Waals surface area contributed by atoms with Crippen LogP contribution in [-0.2, 0) is 24.1 Å². The minimum Gasteiger partial charge on any atom is -0.464 e. The second-order valence-electron chi connectivity index (χ2n) is 4.34. The maximum atomic E-state index is 11.8. The molecule has 1 aliphatic carbocycles. The molecule has 1 aromatic heterocycles. The number of aromatic nitrogens is 2. The number of ether oxygens (including phenoxy) is 1. The number of nitrogens with two attached hydrogens (primary N) is 1. The average molecular weight is 237 g/mol. The van der Waals surface area contributed by atoms with Crippen molar-refractivity contribution in [2.45, 2.75) is 38.6 Å². The van der Waals surface area contributed by atoms with Gasteiger partial charge < -0.3 is 10.5 Å². The fraction of sp³-hybridized carbons (Fsp3) is 0.667. The Kier molecular flexibility index (Phi) is 3.78. The molecule has 0 unspecified atom stereocenters. The predicted molar refractivity (Wildman–Crippen MR) is 63.9 cm³/mol. The summed E-state index contributed by atoms with van der Waals surface area (Å²) in [6, 6.07) is 0. The van der Waals surface area contributed by atoms with Gasteiger partial charge in [-0.25, -0.2) is 4.79 Å². The van der Waals surface area contributed by atoms with E-state index in [0.717, 1.165) is 36.9 Å². The van der Waals surface area contributed by atoms with Crippen molar-refractivity contribution >= 4 is 5.97 Å². The van der Waals surface area contributed by atoms with Gasteiger partial charge in [0.25, 0.3) is 0 Å². The molecule has 0 bridgehead atoms. The third-order valence-corrected chi connectivity index (χ3v) is 3.19. The Balaban J connectivity index is 2.43. The first-order chi connectivity index (χ1) is 8.27. The Morgan fingerprint density at radius 3 is 2.88 bits per heavy atom. The van der Waals surface area contributed by atoms with Gasteiger partial charge >= 0.3 is 5.97 Å². The van der Waals surface area contributed by atoms with E-state index in [2.05, 4.69) is 5.10 Å². The van der Waals surface area contributed by atoms with Gasteiger partial charge in [0, 0.05) is 12.1 Å². The number of rotatable bonds is 3. The lowest BCUT2D eigenvalue weighted by molar-refractivity contribution is 0.0585. The molecule has 0 radical (unpaired) electrons. The number of carbonyl (C=O) groups is 1. The van der Waals surface area contributed by atoms with E-state index >= 15 is 0 Å². The zero-order chi connectivity index (χ0) is 12.3. The summed E-state index contributed by atoms with van der Waals surface area (Å²) in [5, 5.41) is 4.51. The number of hydrogen-bond acceptors (Lipinski definition) is 4. The molecular formula is C12H19N3O2. The molecule has 0 aliphatic heterocycles. The van der Waals surface area contributed by atoms with Gasteiger partial charge in [0.2, 0.25) is 0 Å². The molecule has 1 aromatic rings. The van der Waals surface area contributed by atoms with E-state index < -0.39 is 0 Å². The molecule has 0 aromatic carbocycles. The third-order valence-electron chi connectivity index (χ3n) is 3.19. The number of carbonyl (C=O) groups excluding carboxylic acids is 1. The van der Waals surface area contributed by atoms with Gasteiger partial charge in [0.05, 0.1) is 19.3 Å². The van der Waals surface area contributed by atoms with Crippen LogP contribution in [0.3, 0.4) is 0 Å². The first-order valence-electron chi connectivity index (χ1n) is 6.15. The fourth-order valence-electron chi connectivity index (χ4n) is 2.39. The minimum atomic E-state index is -0.297. The second kappa shape index (κ2) is 5.31. The summed E-state index contributed by atoms with van der Waals surface area (Å²) >= 11 is 0. The van der Waals surface area contributed by atoms with Crippen LogP contribution < -0.4 is 5.73 Å². The quantitative estimate of drug-likeness (QED) is 0.626. The standard InChI is InChI=1S/C12H19N3O2/c1-17-12(16)11-9-5-3-2-4-6-10(9)14-15(11)8-7-13/h2-8,13H2,1H3. The van der Waals surface area contributed by atoms with Crippen LogP contribution in [0, 0.1) is 0 Å². The van der Waals surface area contributed by atoms with Gasteiger partial charge in [0.15, 0.2) is 0 Å². The lowest BCUT2D eigenvalue weighted by atomic mass is 10.1. The summed E-state index contributed by atoms with van der Waals surface area (Å²) in [6.45, 7) is 1.04. The van der Waals surface area contributed by atoms with E-state index in [0.29, 0.717) is 18.8 Å². The molecule has 0 atom stereocenters. The van der Waals surface area contributed by atoms with Crippen LogP contribution in [0.1, 0.15) is 41.0 Å². The molecule has 5 heteroatoms. The van der Waals surface area contributed by atoms with E-state index in [9.17, 15) is 4.79 Å². The van der Waals surface area contributed by atoms with E-state index in [4.69, 9.17) is 10.5 Å². The lowest BCUT2D eigenvalue weighted by Crippen LogP contribution is -2.18. The molecule has 0 fully saturated rings. The number of nitrogens with zero attached hydrogens (tertiary/aromatic N) is 2. The van der Waals surface area contributed by atoms with Crippen molar-refractivity contribution in [2.24, 2.45) is 5.73 Å². The van der Waals surface area contributed by atoms with Gasteiger partial charge in [-0.2, -0.15) is 5.10 Å². The Morgan fingerprint density at radius 2 is 2.18 bits per heavy atom. The Bertz CT molecular complexity index is 412. The fourth-order valence-corrected chi connectivity index (χ4v) is 2.39. The second-order valence-corrected chi connectivity index (χ2v) is 4.34. The van der Waals surface area contributed by atoms with Crippen LogP contribution in [-0.4, -0.2) is 29.4 Å². The first-order valence-corrected chi connectivity index (χ1v) is 6.15. The summed E-state index contributed by atoms with van der Waals surface area (Å²) in [5.41, 5.74) is 8.28. The summed E-state index contributed by atoms with van der Waals surface area (Å²) in [4.78, 5) is 11.8. The van der Waals surface area contributed by atoms with Crippen LogP contribution in [0.25, 0.3) is 0 Å². The van der Waals surface area contributed by atoms with Gasteiger partial charge in [0.1, 0.15) is 5.69 Å². The van der Waals surface area contributed by atoms with E-state index in [-0.39, 0.29) is 5.97 Å². The van der Waals surface area contributed by atoms with Crippen LogP contribution in [0.5, 0.6) is 0 Å². The van der Waals surface area contributed by atoms with Gasteiger partial charge in [-0.15, -0.1) is 0 Å². The molecule has 5 nitrogen and oxygen atoms in total. The van der Waals surface area contributed by atoms with Gasteiger partial charge in [-0.05, 0) is 25.7 Å². The average Bonchev–Trinajstić information content (AvgIpc) is 2.52. The molecule has 17 heavy (non-hydrogen) atoms. The Morgan fingerprint density at radius 1 is 1.41 bits per heavy atom. The van der Waals surface area contributed by atoms with Crippen LogP contribution in [0.2, 0.25) is 0 Å². The molecular weight excluding hydrogens is 218 g/mol. The highest BCUT2D eigenvalue weighted by atomic mass is 16.5. The summed E-state index contributed by atoms with van der Waals surface area (Å²) < 4.78 is 6.56. The molecule has 0 saturated carbocycles. The molecule has 1 aliphatic rings. The van der Waals surface area contributed by atoms with Crippen molar-refractivity contribution in [2.75, 3.05) is 13.7 Å². The number of hydrogen-bond donors (Lipinski definition) is 1. The zero-order valence-electron chi connectivity index (χ0n) is 10.2. The van der Waals surface area contributed by atoms with E-state index in [1.807, 2.05) is 0 Å². The first kappa shape index (κ1) is 12.1. The van der Waals surface area contributed by atoms with E-state index in [1.54, 1.807) is 4.68 Å². The maximum Gasteiger partial charge on any atom is 0.356 e. The zero-order valence-corrected chi connectivity index (χ0v) is 10.2. The highest BCUT2D eigenvalue weighted by molar-refractivity contribution is 5.89. The Labute approximate surface area is 101 Å². The number of fused-ring (bicyclic) bond motifs is 1. The molecule has 2 N–H and O–H groups in total. The smallest absolute Gasteiger partial charge is 0.356 e. The summed E-state index contributed by atoms with van der Waals surface area (Å²) in [5.74, 6) is -0.297. The van der Waals surface area contributed by atoms with Crippen molar-refractivity contribution in [1.82, 2.24) is 9.78 Å². The highest BCUT2D eigenvalue weighted by Crippen LogP contribution is 2.24. The lowest BCUT2D eigenvalue weighted by Gasteiger charge is -2.06. The minimum absolute atomic E-state index is 0.297. The topological polar surface area (TPSA) is 70.1 Å². The highest BCUT2D eigenvalue weighted by Gasteiger charge is 2.24. The van der Waals surface area contributed by atoms with Gasteiger partial charge in [-0.1, -0.05) is 6.42 Å². The third kappa shape index (κ3) is 2.34. The summed E-state index contributed by atoms with van der Waals surface area (Å²) in [7, 11) is 1.41. The predicted octanol–water partition coefficient (Wildman–Crippen LogP) is 0.897. The molecule has 1 heterocycles. The molecule has 0 spiro atoms. The molecule has 0 amide bonds. The molecule has 94 valence electrons. The van der Waals surface area contributed by atoms with Crippen LogP contribution >= 0.6 is 0 Å². The van der Waals surface area contributed by atoms with Crippen LogP contribution in [0.4, 0.5) is 0 Å². The normalized spacial score (nSPS) is 15.2. The SMILES string of the molecule is COC(=O)c1c2c(nn1CCN)CCCCC2. The Hall–Kier alpha value is -1.36. The molecule has 2 rings (SSSR count). The maximum absolute atomic E-state index is 11.8. The van der Waals surface area contributed by atoms with Crippen LogP contribution in [0.15, 0.2) is 0 Å². The number of methoxy groups -OCH3 is 1. The number of esters is 1. The van der Waals surface area contributed by atoms with E-state index in [1.165, 1.54) is 13.5 Å². The number of aryl methyl sites for hydroxylation is 1. The van der Waals surface area contributed by atoms with Crippen molar-refractivity contribution < 1.29 is 9.53 Å².